The van der Waals surface area contributed by atoms with E-state index in [2.05, 4.69) is 31.9 Å². The van der Waals surface area contributed by atoms with Crippen molar-refractivity contribution in [1.82, 2.24) is 0 Å². The van der Waals surface area contributed by atoms with Crippen LogP contribution >= 0.6 is 31.9 Å². The highest BCUT2D eigenvalue weighted by molar-refractivity contribution is 9.10. The predicted molar refractivity (Wildman–Crippen MR) is 77.5 cm³/mol. The first-order valence-corrected chi connectivity index (χ1v) is 7.42. The first-order valence-electron chi connectivity index (χ1n) is 5.51. The second-order valence-electron chi connectivity index (χ2n) is 3.94. The molecular weight excluding hydrogens is 382 g/mol. The minimum Gasteiger partial charge on any atom is -0.483 e. The van der Waals surface area contributed by atoms with E-state index in [0.717, 1.165) is 10.0 Å². The zero-order valence-electron chi connectivity index (χ0n) is 9.80. The zero-order valence-corrected chi connectivity index (χ0v) is 13.0. The molecule has 0 bridgehead atoms. The monoisotopic (exact) mass is 390 g/mol. The third-order valence-corrected chi connectivity index (χ3v) is 3.68. The molecule has 0 aliphatic carbocycles. The summed E-state index contributed by atoms with van der Waals surface area (Å²) in [5.41, 5.74) is 1.37. The third kappa shape index (κ3) is 3.76. The van der Waals surface area contributed by atoms with Crippen molar-refractivity contribution in [1.29, 1.82) is 0 Å². The maximum Gasteiger partial charge on any atom is 0.191 e. The van der Waals surface area contributed by atoms with Crippen LogP contribution in [0, 0.1) is 11.6 Å². The molecule has 0 atom stereocenters. The molecule has 0 spiro atoms. The molecule has 0 aliphatic heterocycles. The summed E-state index contributed by atoms with van der Waals surface area (Å²) in [4.78, 5) is 0. The Labute approximate surface area is 126 Å². The Morgan fingerprint density at radius 2 is 1.53 bits per heavy atom. The van der Waals surface area contributed by atoms with E-state index in [-0.39, 0.29) is 12.4 Å². The summed E-state index contributed by atoms with van der Waals surface area (Å²) in [7, 11) is 0. The fourth-order valence-electron chi connectivity index (χ4n) is 1.56. The van der Waals surface area contributed by atoms with Gasteiger partial charge in [0.05, 0.1) is 0 Å². The van der Waals surface area contributed by atoms with E-state index in [1.807, 2.05) is 24.3 Å². The van der Waals surface area contributed by atoms with Crippen molar-refractivity contribution in [3.05, 3.63) is 63.6 Å². The zero-order chi connectivity index (χ0) is 13.8. The summed E-state index contributed by atoms with van der Waals surface area (Å²) in [6, 6.07) is 9.86. The van der Waals surface area contributed by atoms with E-state index in [0.29, 0.717) is 10.9 Å². The van der Waals surface area contributed by atoms with Crippen molar-refractivity contribution < 1.29 is 13.5 Å². The van der Waals surface area contributed by atoms with E-state index < -0.39 is 11.6 Å². The number of halogens is 4. The molecule has 0 heterocycles. The van der Waals surface area contributed by atoms with Gasteiger partial charge in [-0.1, -0.05) is 44.0 Å². The molecule has 2 rings (SSSR count). The summed E-state index contributed by atoms with van der Waals surface area (Å²) in [6.07, 6.45) is 0. The Bertz CT molecular complexity index is 547. The van der Waals surface area contributed by atoms with Gasteiger partial charge in [-0.15, -0.1) is 0 Å². The smallest absolute Gasteiger partial charge is 0.191 e. The number of hydrogen-bond donors (Lipinski definition) is 0. The van der Waals surface area contributed by atoms with Gasteiger partial charge in [-0.05, 0) is 35.4 Å². The molecular formula is C14H10Br2F2O. The molecule has 19 heavy (non-hydrogen) atoms. The lowest BCUT2D eigenvalue weighted by atomic mass is 10.2. The molecule has 5 heteroatoms. The van der Waals surface area contributed by atoms with Crippen LogP contribution in [-0.4, -0.2) is 0 Å². The molecule has 100 valence electrons. The lowest BCUT2D eigenvalue weighted by Crippen LogP contribution is -2.00. The second-order valence-corrected chi connectivity index (χ2v) is 5.41. The van der Waals surface area contributed by atoms with Crippen molar-refractivity contribution in [3.8, 4) is 5.75 Å². The van der Waals surface area contributed by atoms with E-state index in [1.54, 1.807) is 0 Å². The average Bonchev–Trinajstić information content (AvgIpc) is 2.39. The number of alkyl halides is 1. The Hall–Kier alpha value is -0.940. The molecule has 0 saturated carbocycles. The van der Waals surface area contributed by atoms with E-state index in [9.17, 15) is 8.78 Å². The number of benzene rings is 2. The van der Waals surface area contributed by atoms with Crippen LogP contribution in [0.1, 0.15) is 11.1 Å². The highest BCUT2D eigenvalue weighted by Gasteiger charge is 2.12. The maximum atomic E-state index is 13.7. The molecule has 0 unspecified atom stereocenters. The van der Waals surface area contributed by atoms with Crippen LogP contribution in [0.5, 0.6) is 5.75 Å². The van der Waals surface area contributed by atoms with Gasteiger partial charge in [0.15, 0.2) is 17.4 Å². The Morgan fingerprint density at radius 3 is 2.05 bits per heavy atom. The van der Waals surface area contributed by atoms with Gasteiger partial charge in [0.25, 0.3) is 0 Å². The molecule has 0 saturated heterocycles. The molecule has 0 amide bonds. The first-order chi connectivity index (χ1) is 9.10. The largest absolute Gasteiger partial charge is 0.483 e. The van der Waals surface area contributed by atoms with Crippen molar-refractivity contribution in [2.75, 3.05) is 0 Å². The van der Waals surface area contributed by atoms with Crippen LogP contribution in [0.4, 0.5) is 8.78 Å². The molecule has 1 nitrogen and oxygen atoms in total. The van der Waals surface area contributed by atoms with Gasteiger partial charge in [-0.3, -0.25) is 0 Å². The third-order valence-electron chi connectivity index (χ3n) is 2.51. The lowest BCUT2D eigenvalue weighted by Gasteiger charge is -2.09. The summed E-state index contributed by atoms with van der Waals surface area (Å²) in [5.74, 6) is -1.72. The van der Waals surface area contributed by atoms with Gasteiger partial charge in [0.2, 0.25) is 0 Å². The molecule has 2 aromatic carbocycles. The molecule has 0 fully saturated rings. The predicted octanol–water partition coefficient (Wildman–Crippen LogP) is 5.20. The van der Waals surface area contributed by atoms with E-state index in [4.69, 9.17) is 4.74 Å². The molecule has 0 aromatic heterocycles. The molecule has 0 aliphatic rings. The standard InChI is InChI=1S/C14H10Br2F2O/c15-7-10-5-12(17)14(13(18)6-10)19-8-9-1-3-11(16)4-2-9/h1-6H,7-8H2. The number of hydrogen-bond acceptors (Lipinski definition) is 1. The van der Waals surface area contributed by atoms with Gasteiger partial charge in [-0.25, -0.2) is 8.78 Å². The van der Waals surface area contributed by atoms with Crippen LogP contribution in [-0.2, 0) is 11.9 Å². The topological polar surface area (TPSA) is 9.23 Å². The Morgan fingerprint density at radius 1 is 0.947 bits per heavy atom. The van der Waals surface area contributed by atoms with Crippen LogP contribution in [0.3, 0.4) is 0 Å². The Kier molecular flexibility index (Phi) is 4.93. The van der Waals surface area contributed by atoms with Crippen LogP contribution in [0.25, 0.3) is 0 Å². The van der Waals surface area contributed by atoms with Crippen LogP contribution < -0.4 is 4.74 Å². The summed E-state index contributed by atoms with van der Waals surface area (Å²) in [6.45, 7) is 0.120. The quantitative estimate of drug-likeness (QED) is 0.650. The molecule has 0 N–H and O–H groups in total. The van der Waals surface area contributed by atoms with Crippen molar-refractivity contribution >= 4 is 31.9 Å². The Balaban J connectivity index is 2.13. The molecule has 2 aromatic rings. The SMILES string of the molecule is Fc1cc(CBr)cc(F)c1OCc1ccc(Br)cc1. The van der Waals surface area contributed by atoms with Gasteiger partial charge in [0.1, 0.15) is 6.61 Å². The fourth-order valence-corrected chi connectivity index (χ4v) is 2.15. The minimum atomic E-state index is -0.688. The normalized spacial score (nSPS) is 10.5. The number of ether oxygens (including phenoxy) is 1. The maximum absolute atomic E-state index is 13.7. The van der Waals surface area contributed by atoms with Gasteiger partial charge < -0.3 is 4.74 Å². The second kappa shape index (κ2) is 6.48. The molecule has 0 radical (unpaired) electrons. The van der Waals surface area contributed by atoms with Crippen LogP contribution in [0.15, 0.2) is 40.9 Å². The highest BCUT2D eigenvalue weighted by Crippen LogP contribution is 2.25. The fraction of sp³-hybridized carbons (Fsp3) is 0.143. The summed E-state index contributed by atoms with van der Waals surface area (Å²) < 4.78 is 33.5. The summed E-state index contributed by atoms with van der Waals surface area (Å²) >= 11 is 6.47. The van der Waals surface area contributed by atoms with E-state index >= 15 is 0 Å². The van der Waals surface area contributed by atoms with Crippen molar-refractivity contribution in [2.24, 2.45) is 0 Å². The lowest BCUT2D eigenvalue weighted by molar-refractivity contribution is 0.274. The van der Waals surface area contributed by atoms with E-state index in [1.165, 1.54) is 12.1 Å². The first kappa shape index (κ1) is 14.5. The van der Waals surface area contributed by atoms with Gasteiger partial charge in [-0.2, -0.15) is 0 Å². The van der Waals surface area contributed by atoms with Crippen LogP contribution in [0.2, 0.25) is 0 Å². The van der Waals surface area contributed by atoms with Crippen molar-refractivity contribution in [3.63, 3.8) is 0 Å². The van der Waals surface area contributed by atoms with Gasteiger partial charge in [0, 0.05) is 9.80 Å². The van der Waals surface area contributed by atoms with Gasteiger partial charge >= 0.3 is 0 Å². The van der Waals surface area contributed by atoms with Crippen molar-refractivity contribution in [2.45, 2.75) is 11.9 Å². The average molecular weight is 392 g/mol. The summed E-state index contributed by atoms with van der Waals surface area (Å²) in [5, 5.41) is 0.397. The number of rotatable bonds is 4. The highest BCUT2D eigenvalue weighted by atomic mass is 79.9. The minimum absolute atomic E-state index is 0.120.